The fourth-order valence-electron chi connectivity index (χ4n) is 2.27. The molecule has 2 aromatic rings. The van der Waals surface area contributed by atoms with Gasteiger partial charge in [-0.3, -0.25) is 9.59 Å². The van der Waals surface area contributed by atoms with E-state index in [-0.39, 0.29) is 13.3 Å². The molecular formula is C17H17N3O4. The molecule has 0 saturated heterocycles. The number of fused-ring (bicyclic) bond motifs is 1. The van der Waals surface area contributed by atoms with Gasteiger partial charge < -0.3 is 25.8 Å². The van der Waals surface area contributed by atoms with Crippen molar-refractivity contribution in [1.29, 1.82) is 0 Å². The average molecular weight is 327 g/mol. The highest BCUT2D eigenvalue weighted by Gasteiger charge is 2.16. The Balaban J connectivity index is 1.58. The summed E-state index contributed by atoms with van der Waals surface area (Å²) in [6.45, 7) is 2.26. The summed E-state index contributed by atoms with van der Waals surface area (Å²) in [6.07, 6.45) is 0. The van der Waals surface area contributed by atoms with E-state index >= 15 is 0 Å². The molecule has 2 aromatic carbocycles. The number of anilines is 2. The lowest BCUT2D eigenvalue weighted by molar-refractivity contribution is -0.136. The van der Waals surface area contributed by atoms with Gasteiger partial charge in [0.25, 0.3) is 0 Å². The first kappa shape index (κ1) is 15.7. The average Bonchev–Trinajstić information content (AvgIpc) is 3.03. The van der Waals surface area contributed by atoms with Crippen LogP contribution in [0.4, 0.5) is 11.4 Å². The van der Waals surface area contributed by atoms with Crippen LogP contribution >= 0.6 is 0 Å². The SMILES string of the molecule is Cc1ccc(N)c(NC(=O)C(=O)NCc2ccc3c(c2)OCO3)c1. The van der Waals surface area contributed by atoms with E-state index in [1.807, 2.05) is 13.0 Å². The molecule has 0 saturated carbocycles. The molecule has 1 aliphatic heterocycles. The highest BCUT2D eigenvalue weighted by atomic mass is 16.7. The van der Waals surface area contributed by atoms with Gasteiger partial charge >= 0.3 is 11.8 Å². The fraction of sp³-hybridized carbons (Fsp3) is 0.176. The van der Waals surface area contributed by atoms with Crippen molar-refractivity contribution >= 4 is 23.2 Å². The van der Waals surface area contributed by atoms with Crippen LogP contribution in [0, 0.1) is 6.92 Å². The molecule has 0 aromatic heterocycles. The molecule has 24 heavy (non-hydrogen) atoms. The topological polar surface area (TPSA) is 103 Å². The van der Waals surface area contributed by atoms with E-state index in [4.69, 9.17) is 15.2 Å². The van der Waals surface area contributed by atoms with Crippen molar-refractivity contribution in [2.75, 3.05) is 17.8 Å². The van der Waals surface area contributed by atoms with Crippen molar-refractivity contribution in [3.05, 3.63) is 47.5 Å². The predicted molar refractivity (Wildman–Crippen MR) is 88.6 cm³/mol. The van der Waals surface area contributed by atoms with Gasteiger partial charge in [0.15, 0.2) is 11.5 Å². The van der Waals surface area contributed by atoms with E-state index in [1.165, 1.54) is 0 Å². The monoisotopic (exact) mass is 327 g/mol. The van der Waals surface area contributed by atoms with Gasteiger partial charge in [-0.15, -0.1) is 0 Å². The molecule has 3 rings (SSSR count). The molecule has 0 bridgehead atoms. The number of nitrogens with one attached hydrogen (secondary N) is 2. The summed E-state index contributed by atoms with van der Waals surface area (Å²) in [5.74, 6) is -0.224. The molecule has 0 radical (unpaired) electrons. The van der Waals surface area contributed by atoms with Crippen molar-refractivity contribution in [1.82, 2.24) is 5.32 Å². The van der Waals surface area contributed by atoms with Gasteiger partial charge in [-0.05, 0) is 42.3 Å². The largest absolute Gasteiger partial charge is 0.454 e. The second-order valence-electron chi connectivity index (χ2n) is 5.42. The van der Waals surface area contributed by atoms with E-state index in [0.717, 1.165) is 11.1 Å². The van der Waals surface area contributed by atoms with E-state index in [0.29, 0.717) is 22.9 Å². The molecule has 124 valence electrons. The number of nitrogens with two attached hydrogens (primary N) is 1. The molecule has 0 fully saturated rings. The Bertz CT molecular complexity index is 804. The molecule has 0 spiro atoms. The van der Waals surface area contributed by atoms with Crippen LogP contribution in [0.2, 0.25) is 0 Å². The van der Waals surface area contributed by atoms with Gasteiger partial charge in [-0.25, -0.2) is 0 Å². The molecule has 4 N–H and O–H groups in total. The second-order valence-corrected chi connectivity index (χ2v) is 5.42. The zero-order valence-electron chi connectivity index (χ0n) is 13.1. The number of hydrogen-bond acceptors (Lipinski definition) is 5. The van der Waals surface area contributed by atoms with Crippen LogP contribution in [0.25, 0.3) is 0 Å². The minimum absolute atomic E-state index is 0.186. The Hall–Kier alpha value is -3.22. The molecule has 0 atom stereocenters. The first-order valence-corrected chi connectivity index (χ1v) is 7.37. The van der Waals surface area contributed by atoms with Crippen molar-refractivity contribution in [2.24, 2.45) is 0 Å². The number of ether oxygens (including phenoxy) is 2. The minimum Gasteiger partial charge on any atom is -0.454 e. The van der Waals surface area contributed by atoms with Crippen LogP contribution in [0.5, 0.6) is 11.5 Å². The van der Waals surface area contributed by atoms with Crippen LogP contribution in [0.15, 0.2) is 36.4 Å². The Labute approximate surface area is 138 Å². The van der Waals surface area contributed by atoms with Gasteiger partial charge in [-0.1, -0.05) is 12.1 Å². The van der Waals surface area contributed by atoms with Gasteiger partial charge in [0.05, 0.1) is 11.4 Å². The summed E-state index contributed by atoms with van der Waals surface area (Å²) in [5.41, 5.74) is 8.33. The molecule has 1 heterocycles. The lowest BCUT2D eigenvalue weighted by Crippen LogP contribution is -2.35. The summed E-state index contributed by atoms with van der Waals surface area (Å²) in [7, 11) is 0. The van der Waals surface area contributed by atoms with E-state index < -0.39 is 11.8 Å². The Morgan fingerprint density at radius 3 is 2.71 bits per heavy atom. The van der Waals surface area contributed by atoms with Crippen molar-refractivity contribution in [2.45, 2.75) is 13.5 Å². The standard InChI is InChI=1S/C17H17N3O4/c1-10-2-4-12(18)13(6-10)20-17(22)16(21)19-8-11-3-5-14-15(7-11)24-9-23-14/h2-7H,8-9,18H2,1H3,(H,19,21)(H,20,22). The van der Waals surface area contributed by atoms with E-state index in [2.05, 4.69) is 10.6 Å². The van der Waals surface area contributed by atoms with Crippen LogP contribution in [0.3, 0.4) is 0 Å². The summed E-state index contributed by atoms with van der Waals surface area (Å²) in [5, 5.41) is 5.06. The normalized spacial score (nSPS) is 11.9. The molecule has 1 aliphatic rings. The maximum atomic E-state index is 12.0. The smallest absolute Gasteiger partial charge is 0.313 e. The van der Waals surface area contributed by atoms with Gasteiger partial charge in [0.1, 0.15) is 0 Å². The maximum absolute atomic E-state index is 12.0. The Morgan fingerprint density at radius 1 is 1.08 bits per heavy atom. The summed E-state index contributed by atoms with van der Waals surface area (Å²) >= 11 is 0. The molecule has 0 aliphatic carbocycles. The number of aryl methyl sites for hydroxylation is 1. The lowest BCUT2D eigenvalue weighted by Gasteiger charge is -2.09. The predicted octanol–water partition coefficient (Wildman–Crippen LogP) is 1.56. The number of carbonyl (C=O) groups is 2. The third-order valence-electron chi connectivity index (χ3n) is 3.55. The minimum atomic E-state index is -0.770. The van der Waals surface area contributed by atoms with Crippen molar-refractivity contribution in [3.63, 3.8) is 0 Å². The number of nitrogen functional groups attached to an aromatic ring is 1. The third kappa shape index (κ3) is 3.40. The van der Waals surface area contributed by atoms with Crippen molar-refractivity contribution < 1.29 is 19.1 Å². The first-order chi connectivity index (χ1) is 11.5. The third-order valence-corrected chi connectivity index (χ3v) is 3.55. The van der Waals surface area contributed by atoms with Crippen LogP contribution < -0.4 is 25.8 Å². The quantitative estimate of drug-likeness (QED) is 0.586. The van der Waals surface area contributed by atoms with E-state index in [9.17, 15) is 9.59 Å². The fourth-order valence-corrected chi connectivity index (χ4v) is 2.27. The Kier molecular flexibility index (Phi) is 4.24. The van der Waals surface area contributed by atoms with Crippen LogP contribution in [0.1, 0.15) is 11.1 Å². The zero-order valence-corrected chi connectivity index (χ0v) is 13.1. The van der Waals surface area contributed by atoms with Crippen LogP contribution in [-0.2, 0) is 16.1 Å². The van der Waals surface area contributed by atoms with Crippen molar-refractivity contribution in [3.8, 4) is 11.5 Å². The molecular weight excluding hydrogens is 310 g/mol. The van der Waals surface area contributed by atoms with E-state index in [1.54, 1.807) is 30.3 Å². The number of rotatable bonds is 3. The Morgan fingerprint density at radius 2 is 1.88 bits per heavy atom. The number of amides is 2. The number of hydrogen-bond donors (Lipinski definition) is 3. The lowest BCUT2D eigenvalue weighted by atomic mass is 10.2. The second kappa shape index (κ2) is 6.49. The summed E-state index contributed by atoms with van der Waals surface area (Å²) in [4.78, 5) is 23.9. The molecule has 7 nitrogen and oxygen atoms in total. The maximum Gasteiger partial charge on any atom is 0.313 e. The van der Waals surface area contributed by atoms with Crippen LogP contribution in [-0.4, -0.2) is 18.6 Å². The molecule has 7 heteroatoms. The highest BCUT2D eigenvalue weighted by Crippen LogP contribution is 2.32. The number of carbonyl (C=O) groups excluding carboxylic acids is 2. The summed E-state index contributed by atoms with van der Waals surface area (Å²) in [6, 6.07) is 10.5. The van der Waals surface area contributed by atoms with Gasteiger partial charge in [-0.2, -0.15) is 0 Å². The summed E-state index contributed by atoms with van der Waals surface area (Å²) < 4.78 is 10.5. The number of benzene rings is 2. The van der Waals surface area contributed by atoms with Gasteiger partial charge in [0.2, 0.25) is 6.79 Å². The highest BCUT2D eigenvalue weighted by molar-refractivity contribution is 6.39. The zero-order chi connectivity index (χ0) is 17.1. The first-order valence-electron chi connectivity index (χ1n) is 7.37. The van der Waals surface area contributed by atoms with Gasteiger partial charge in [0, 0.05) is 6.54 Å². The molecule has 0 unspecified atom stereocenters. The molecule has 2 amide bonds.